The zero-order valence-corrected chi connectivity index (χ0v) is 13.1. The normalized spacial score (nSPS) is 12.2. The fourth-order valence-corrected chi connectivity index (χ4v) is 2.49. The van der Waals surface area contributed by atoms with Crippen LogP contribution in [0.25, 0.3) is 0 Å². The van der Waals surface area contributed by atoms with E-state index in [2.05, 4.69) is 21.2 Å². The topological polar surface area (TPSA) is 38.0 Å². The van der Waals surface area contributed by atoms with Crippen LogP contribution >= 0.6 is 39.1 Å². The molecule has 19 heavy (non-hydrogen) atoms. The summed E-state index contributed by atoms with van der Waals surface area (Å²) in [4.78, 5) is 0. The summed E-state index contributed by atoms with van der Waals surface area (Å²) in [5.74, 6) is 0. The van der Waals surface area contributed by atoms with Crippen molar-refractivity contribution in [2.45, 2.75) is 6.04 Å². The van der Waals surface area contributed by atoms with Crippen molar-refractivity contribution in [1.82, 2.24) is 0 Å². The van der Waals surface area contributed by atoms with Crippen LogP contribution in [0, 0.1) is 0 Å². The Bertz CT molecular complexity index is 575. The highest BCUT2D eigenvalue weighted by Crippen LogP contribution is 2.27. The van der Waals surface area contributed by atoms with Crippen LogP contribution in [-0.2, 0) is 0 Å². The van der Waals surface area contributed by atoms with Crippen molar-refractivity contribution >= 4 is 44.8 Å². The highest BCUT2D eigenvalue weighted by atomic mass is 79.9. The van der Waals surface area contributed by atoms with Crippen molar-refractivity contribution in [1.29, 1.82) is 0 Å². The molecule has 0 bridgehead atoms. The molecule has 2 aromatic carbocycles. The number of rotatable bonds is 4. The molecule has 0 aromatic heterocycles. The van der Waals surface area contributed by atoms with Crippen molar-refractivity contribution in [3.05, 3.63) is 62.5 Å². The number of hydrogen-bond donors (Lipinski definition) is 2. The lowest BCUT2D eigenvalue weighted by atomic mass is 10.1. The van der Waals surface area contributed by atoms with Crippen molar-refractivity contribution in [2.75, 3.05) is 11.9 Å². The summed E-state index contributed by atoms with van der Waals surface area (Å²) in [6, 6.07) is 13.5. The Morgan fingerprint density at radius 1 is 1.11 bits per heavy atom. The fraction of sp³-hybridized carbons (Fsp3) is 0.143. The van der Waals surface area contributed by atoms with Gasteiger partial charge in [-0.1, -0.05) is 51.3 Å². The maximum atomic E-state index is 6.04. The fourth-order valence-electron chi connectivity index (χ4n) is 1.79. The minimum atomic E-state index is -0.0101. The van der Waals surface area contributed by atoms with E-state index < -0.39 is 0 Å². The Morgan fingerprint density at radius 2 is 1.89 bits per heavy atom. The molecular weight excluding hydrogens is 347 g/mol. The van der Waals surface area contributed by atoms with E-state index in [1.54, 1.807) is 6.07 Å². The van der Waals surface area contributed by atoms with Gasteiger partial charge in [0, 0.05) is 16.7 Å². The molecule has 0 radical (unpaired) electrons. The second kappa shape index (κ2) is 6.62. The average Bonchev–Trinajstić information content (AvgIpc) is 2.39. The van der Waals surface area contributed by atoms with Crippen molar-refractivity contribution in [3.63, 3.8) is 0 Å². The van der Waals surface area contributed by atoms with E-state index in [9.17, 15) is 0 Å². The third-order valence-electron chi connectivity index (χ3n) is 2.75. The Hall–Kier alpha value is -0.740. The molecular formula is C14H13BrCl2N2. The van der Waals surface area contributed by atoms with Crippen LogP contribution in [-0.4, -0.2) is 6.54 Å². The van der Waals surface area contributed by atoms with Gasteiger partial charge in [-0.25, -0.2) is 0 Å². The van der Waals surface area contributed by atoms with E-state index in [1.807, 2.05) is 36.4 Å². The molecule has 2 aromatic rings. The van der Waals surface area contributed by atoms with E-state index in [-0.39, 0.29) is 6.04 Å². The smallest absolute Gasteiger partial charge is 0.0636 e. The largest absolute Gasteiger partial charge is 0.377 e. The summed E-state index contributed by atoms with van der Waals surface area (Å²) < 4.78 is 1.02. The Balaban J connectivity index is 2.22. The minimum absolute atomic E-state index is 0.0101. The first kappa shape index (κ1) is 14.7. The molecule has 1 unspecified atom stereocenters. The lowest BCUT2D eigenvalue weighted by Gasteiger charge is -2.19. The monoisotopic (exact) mass is 358 g/mol. The third-order valence-corrected chi connectivity index (χ3v) is 3.98. The first-order valence-electron chi connectivity index (χ1n) is 5.77. The van der Waals surface area contributed by atoms with Gasteiger partial charge < -0.3 is 11.1 Å². The van der Waals surface area contributed by atoms with Crippen LogP contribution in [0.15, 0.2) is 46.9 Å². The number of hydrogen-bond acceptors (Lipinski definition) is 2. The number of benzene rings is 2. The standard InChI is InChI=1S/C14H13BrCl2N2/c15-10-2-1-3-11(7-10)19-14(8-18)9-4-5-12(16)13(17)6-9/h1-7,14,19H,8,18H2. The van der Waals surface area contributed by atoms with E-state index in [0.29, 0.717) is 16.6 Å². The highest BCUT2D eigenvalue weighted by molar-refractivity contribution is 9.10. The molecule has 100 valence electrons. The van der Waals surface area contributed by atoms with Gasteiger partial charge in [0.05, 0.1) is 16.1 Å². The van der Waals surface area contributed by atoms with Crippen LogP contribution in [0.1, 0.15) is 11.6 Å². The number of anilines is 1. The predicted molar refractivity (Wildman–Crippen MR) is 86.0 cm³/mol. The van der Waals surface area contributed by atoms with Crippen molar-refractivity contribution < 1.29 is 0 Å². The first-order valence-corrected chi connectivity index (χ1v) is 7.32. The third kappa shape index (κ3) is 3.86. The van der Waals surface area contributed by atoms with Gasteiger partial charge in [-0.2, -0.15) is 0 Å². The van der Waals surface area contributed by atoms with Gasteiger partial charge in [-0.3, -0.25) is 0 Å². The summed E-state index contributed by atoms with van der Waals surface area (Å²) in [6.07, 6.45) is 0. The maximum Gasteiger partial charge on any atom is 0.0636 e. The van der Waals surface area contributed by atoms with E-state index >= 15 is 0 Å². The van der Waals surface area contributed by atoms with Crippen molar-refractivity contribution in [3.8, 4) is 0 Å². The lowest BCUT2D eigenvalue weighted by Crippen LogP contribution is -2.20. The Morgan fingerprint density at radius 3 is 2.53 bits per heavy atom. The second-order valence-electron chi connectivity index (χ2n) is 4.12. The zero-order valence-electron chi connectivity index (χ0n) is 10.0. The van der Waals surface area contributed by atoms with Crippen LogP contribution in [0.2, 0.25) is 10.0 Å². The SMILES string of the molecule is NCC(Nc1cccc(Br)c1)c1ccc(Cl)c(Cl)c1. The molecule has 0 fully saturated rings. The van der Waals surface area contributed by atoms with Gasteiger partial charge in [0.2, 0.25) is 0 Å². The molecule has 0 saturated carbocycles. The zero-order chi connectivity index (χ0) is 13.8. The molecule has 0 aliphatic heterocycles. The van der Waals surface area contributed by atoms with Gasteiger partial charge in [-0.15, -0.1) is 0 Å². The first-order chi connectivity index (χ1) is 9.10. The summed E-state index contributed by atoms with van der Waals surface area (Å²) in [5, 5.41) is 4.46. The van der Waals surface area contributed by atoms with Crippen LogP contribution in [0.5, 0.6) is 0 Å². The van der Waals surface area contributed by atoms with Gasteiger partial charge >= 0.3 is 0 Å². The summed E-state index contributed by atoms with van der Waals surface area (Å²) in [7, 11) is 0. The van der Waals surface area contributed by atoms with Crippen LogP contribution in [0.4, 0.5) is 5.69 Å². The lowest BCUT2D eigenvalue weighted by molar-refractivity contribution is 0.790. The molecule has 2 nitrogen and oxygen atoms in total. The van der Waals surface area contributed by atoms with Gasteiger partial charge in [-0.05, 0) is 35.9 Å². The highest BCUT2D eigenvalue weighted by Gasteiger charge is 2.11. The van der Waals surface area contributed by atoms with Crippen LogP contribution in [0.3, 0.4) is 0 Å². The molecule has 0 spiro atoms. The molecule has 5 heteroatoms. The maximum absolute atomic E-state index is 6.04. The van der Waals surface area contributed by atoms with E-state index in [1.165, 1.54) is 0 Å². The molecule has 0 heterocycles. The molecule has 0 aliphatic rings. The Labute approximate surface area is 131 Å². The predicted octanol–water partition coefficient (Wildman–Crippen LogP) is 4.87. The number of nitrogens with one attached hydrogen (secondary N) is 1. The molecule has 3 N–H and O–H groups in total. The van der Waals surface area contributed by atoms with Gasteiger partial charge in [0.15, 0.2) is 0 Å². The number of nitrogens with two attached hydrogens (primary N) is 1. The molecule has 0 saturated heterocycles. The quantitative estimate of drug-likeness (QED) is 0.817. The van der Waals surface area contributed by atoms with E-state index in [4.69, 9.17) is 28.9 Å². The van der Waals surface area contributed by atoms with Gasteiger partial charge in [0.1, 0.15) is 0 Å². The minimum Gasteiger partial charge on any atom is -0.377 e. The average molecular weight is 360 g/mol. The summed E-state index contributed by atoms with van der Waals surface area (Å²) in [6.45, 7) is 0.463. The van der Waals surface area contributed by atoms with Gasteiger partial charge in [0.25, 0.3) is 0 Å². The molecule has 0 amide bonds. The van der Waals surface area contributed by atoms with Crippen molar-refractivity contribution in [2.24, 2.45) is 5.73 Å². The number of halogens is 3. The molecule has 2 rings (SSSR count). The van der Waals surface area contributed by atoms with Crippen LogP contribution < -0.4 is 11.1 Å². The summed E-state index contributed by atoms with van der Waals surface area (Å²) >= 11 is 15.4. The second-order valence-corrected chi connectivity index (χ2v) is 5.85. The Kier molecular flexibility index (Phi) is 5.11. The van der Waals surface area contributed by atoms with E-state index in [0.717, 1.165) is 15.7 Å². The molecule has 1 atom stereocenters. The molecule has 0 aliphatic carbocycles. The summed E-state index contributed by atoms with van der Waals surface area (Å²) in [5.41, 5.74) is 7.84.